The molecular weight excluding hydrogens is 126 g/mol. The van der Waals surface area contributed by atoms with Crippen molar-refractivity contribution in [1.29, 1.82) is 0 Å². The molecule has 0 amide bonds. The lowest BCUT2D eigenvalue weighted by molar-refractivity contribution is 0.528. The monoisotopic (exact) mass is 137 g/mol. The van der Waals surface area contributed by atoms with Crippen molar-refractivity contribution in [2.24, 2.45) is 5.73 Å². The number of rotatable bonds is 2. The van der Waals surface area contributed by atoms with Gasteiger partial charge in [0.05, 0.1) is 12.3 Å². The highest BCUT2D eigenvalue weighted by Crippen LogP contribution is 2.16. The van der Waals surface area contributed by atoms with Crippen LogP contribution in [0.2, 0.25) is 0 Å². The van der Waals surface area contributed by atoms with Gasteiger partial charge in [0.1, 0.15) is 5.76 Å². The zero-order valence-corrected chi connectivity index (χ0v) is 6.00. The third-order valence-corrected chi connectivity index (χ3v) is 1.51. The van der Waals surface area contributed by atoms with Crippen LogP contribution in [-0.2, 0) is 0 Å². The van der Waals surface area contributed by atoms with E-state index < -0.39 is 0 Å². The van der Waals surface area contributed by atoms with Gasteiger partial charge in [0.25, 0.3) is 0 Å². The normalized spacial score (nSPS) is 13.0. The lowest BCUT2D eigenvalue weighted by atomic mass is 10.1. The summed E-state index contributed by atoms with van der Waals surface area (Å²) in [5, 5.41) is 0. The molecule has 0 aliphatic rings. The quantitative estimate of drug-likeness (QED) is 0.631. The molecule has 0 bridgehead atoms. The van der Waals surface area contributed by atoms with Crippen molar-refractivity contribution in [3.8, 4) is 0 Å². The SMILES string of the molecule is C=CC(N)c1ccoc1C. The summed E-state index contributed by atoms with van der Waals surface area (Å²) in [6.45, 7) is 5.48. The van der Waals surface area contributed by atoms with Gasteiger partial charge in [0.15, 0.2) is 0 Å². The predicted molar refractivity (Wildman–Crippen MR) is 40.6 cm³/mol. The fraction of sp³-hybridized carbons (Fsp3) is 0.250. The van der Waals surface area contributed by atoms with Crippen LogP contribution < -0.4 is 5.73 Å². The van der Waals surface area contributed by atoms with Gasteiger partial charge < -0.3 is 10.2 Å². The minimum Gasteiger partial charge on any atom is -0.469 e. The number of hydrogen-bond acceptors (Lipinski definition) is 2. The molecular formula is C8H11NO. The molecule has 0 saturated heterocycles. The molecule has 1 rings (SSSR count). The first-order valence-electron chi connectivity index (χ1n) is 3.18. The van der Waals surface area contributed by atoms with E-state index >= 15 is 0 Å². The van der Waals surface area contributed by atoms with Crippen LogP contribution in [0, 0.1) is 6.92 Å². The Kier molecular flexibility index (Phi) is 1.92. The van der Waals surface area contributed by atoms with Crippen molar-refractivity contribution < 1.29 is 4.42 Å². The van der Waals surface area contributed by atoms with Crippen molar-refractivity contribution >= 4 is 0 Å². The molecule has 0 spiro atoms. The molecule has 1 aromatic heterocycles. The Hall–Kier alpha value is -1.02. The fourth-order valence-electron chi connectivity index (χ4n) is 0.868. The average molecular weight is 137 g/mol. The maximum atomic E-state index is 5.66. The molecule has 2 heteroatoms. The predicted octanol–water partition coefficient (Wildman–Crippen LogP) is 1.77. The number of furan rings is 1. The Balaban J connectivity index is 2.92. The van der Waals surface area contributed by atoms with E-state index in [4.69, 9.17) is 10.2 Å². The molecule has 2 N–H and O–H groups in total. The summed E-state index contributed by atoms with van der Waals surface area (Å²) < 4.78 is 5.06. The van der Waals surface area contributed by atoms with Crippen molar-refractivity contribution in [2.45, 2.75) is 13.0 Å². The summed E-state index contributed by atoms with van der Waals surface area (Å²) in [6.07, 6.45) is 3.33. The number of aryl methyl sites for hydroxylation is 1. The molecule has 0 fully saturated rings. The number of nitrogens with two attached hydrogens (primary N) is 1. The Morgan fingerprint density at radius 1 is 1.80 bits per heavy atom. The summed E-state index contributed by atoms with van der Waals surface area (Å²) >= 11 is 0. The van der Waals surface area contributed by atoms with Gasteiger partial charge in [-0.15, -0.1) is 6.58 Å². The first kappa shape index (κ1) is 7.09. The molecule has 1 heterocycles. The van der Waals surface area contributed by atoms with E-state index in [2.05, 4.69) is 6.58 Å². The molecule has 10 heavy (non-hydrogen) atoms. The van der Waals surface area contributed by atoms with Crippen molar-refractivity contribution in [3.63, 3.8) is 0 Å². The minimum atomic E-state index is -0.0984. The summed E-state index contributed by atoms with van der Waals surface area (Å²) in [5.41, 5.74) is 6.67. The van der Waals surface area contributed by atoms with Crippen LogP contribution in [0.15, 0.2) is 29.4 Å². The standard InChI is InChI=1S/C8H11NO/c1-3-8(9)7-4-5-10-6(7)2/h3-5,8H,1,9H2,2H3. The van der Waals surface area contributed by atoms with E-state index in [0.29, 0.717) is 0 Å². The maximum Gasteiger partial charge on any atom is 0.105 e. The van der Waals surface area contributed by atoms with Gasteiger partial charge in [0.2, 0.25) is 0 Å². The lowest BCUT2D eigenvalue weighted by Crippen LogP contribution is -2.06. The molecule has 0 aliphatic carbocycles. The second-order valence-corrected chi connectivity index (χ2v) is 2.19. The molecule has 0 saturated carbocycles. The van der Waals surface area contributed by atoms with Gasteiger partial charge in [-0.25, -0.2) is 0 Å². The van der Waals surface area contributed by atoms with Crippen LogP contribution in [0.4, 0.5) is 0 Å². The van der Waals surface area contributed by atoms with Gasteiger partial charge in [0, 0.05) is 5.56 Å². The van der Waals surface area contributed by atoms with Gasteiger partial charge in [-0.2, -0.15) is 0 Å². The molecule has 1 atom stereocenters. The van der Waals surface area contributed by atoms with Crippen molar-refractivity contribution in [1.82, 2.24) is 0 Å². The first-order chi connectivity index (χ1) is 4.75. The van der Waals surface area contributed by atoms with Crippen LogP contribution in [0.3, 0.4) is 0 Å². The van der Waals surface area contributed by atoms with E-state index in [1.54, 1.807) is 12.3 Å². The van der Waals surface area contributed by atoms with Crippen molar-refractivity contribution in [2.75, 3.05) is 0 Å². The highest BCUT2D eigenvalue weighted by molar-refractivity contribution is 5.22. The zero-order valence-electron chi connectivity index (χ0n) is 6.00. The zero-order chi connectivity index (χ0) is 7.56. The average Bonchev–Trinajstić information content (AvgIpc) is 2.34. The molecule has 0 radical (unpaired) electrons. The summed E-state index contributed by atoms with van der Waals surface area (Å²) in [4.78, 5) is 0. The maximum absolute atomic E-state index is 5.66. The molecule has 0 aliphatic heterocycles. The number of hydrogen-bond donors (Lipinski definition) is 1. The fourth-order valence-corrected chi connectivity index (χ4v) is 0.868. The summed E-state index contributed by atoms with van der Waals surface area (Å²) in [5.74, 6) is 0.868. The lowest BCUT2D eigenvalue weighted by Gasteiger charge is -2.01. The Bertz CT molecular complexity index is 227. The second-order valence-electron chi connectivity index (χ2n) is 2.19. The largest absolute Gasteiger partial charge is 0.469 e. The molecule has 1 unspecified atom stereocenters. The van der Waals surface area contributed by atoms with Crippen molar-refractivity contribution in [3.05, 3.63) is 36.3 Å². The van der Waals surface area contributed by atoms with Crippen LogP contribution in [-0.4, -0.2) is 0 Å². The minimum absolute atomic E-state index is 0.0984. The third-order valence-electron chi connectivity index (χ3n) is 1.51. The van der Waals surface area contributed by atoms with E-state index in [9.17, 15) is 0 Å². The summed E-state index contributed by atoms with van der Waals surface area (Å²) in [6, 6.07) is 1.76. The second kappa shape index (κ2) is 2.71. The van der Waals surface area contributed by atoms with E-state index in [1.165, 1.54) is 0 Å². The van der Waals surface area contributed by atoms with Gasteiger partial charge in [-0.05, 0) is 13.0 Å². The topological polar surface area (TPSA) is 39.2 Å². The highest BCUT2D eigenvalue weighted by atomic mass is 16.3. The van der Waals surface area contributed by atoms with E-state index in [1.807, 2.05) is 13.0 Å². The van der Waals surface area contributed by atoms with Crippen LogP contribution >= 0.6 is 0 Å². The molecule has 1 aromatic rings. The van der Waals surface area contributed by atoms with Crippen LogP contribution in [0.25, 0.3) is 0 Å². The van der Waals surface area contributed by atoms with Crippen LogP contribution in [0.5, 0.6) is 0 Å². The van der Waals surface area contributed by atoms with Gasteiger partial charge in [-0.3, -0.25) is 0 Å². The Morgan fingerprint density at radius 2 is 2.50 bits per heavy atom. The van der Waals surface area contributed by atoms with E-state index in [0.717, 1.165) is 11.3 Å². The Labute approximate surface area is 60.3 Å². The molecule has 2 nitrogen and oxygen atoms in total. The first-order valence-corrected chi connectivity index (χ1v) is 3.18. The smallest absolute Gasteiger partial charge is 0.105 e. The molecule has 0 aromatic carbocycles. The Morgan fingerprint density at radius 3 is 2.90 bits per heavy atom. The third kappa shape index (κ3) is 1.11. The van der Waals surface area contributed by atoms with Gasteiger partial charge >= 0.3 is 0 Å². The van der Waals surface area contributed by atoms with Crippen LogP contribution in [0.1, 0.15) is 17.4 Å². The summed E-state index contributed by atoms with van der Waals surface area (Å²) in [7, 11) is 0. The van der Waals surface area contributed by atoms with Gasteiger partial charge in [-0.1, -0.05) is 6.08 Å². The highest BCUT2D eigenvalue weighted by Gasteiger charge is 2.05. The molecule has 54 valence electrons. The van der Waals surface area contributed by atoms with E-state index in [-0.39, 0.29) is 6.04 Å².